The molecule has 6 nitrogen and oxygen atoms in total. The molecule has 3 rings (SSSR count). The van der Waals surface area contributed by atoms with E-state index in [1.807, 2.05) is 30.5 Å². The van der Waals surface area contributed by atoms with Crippen LogP contribution >= 0.6 is 0 Å². The fraction of sp³-hybridized carbons (Fsp3) is 0.273. The number of fused-ring (bicyclic) bond motifs is 1. The first-order valence-electron chi connectivity index (χ1n) is 9.34. The molecule has 0 aliphatic carbocycles. The number of nitrogens with zero attached hydrogens (tertiary/aromatic N) is 2. The fourth-order valence-corrected chi connectivity index (χ4v) is 4.48. The lowest BCUT2D eigenvalue weighted by molar-refractivity contribution is -0.113. The van der Waals surface area contributed by atoms with Crippen LogP contribution in [0.15, 0.2) is 54.7 Å². The Morgan fingerprint density at radius 1 is 1.14 bits per heavy atom. The van der Waals surface area contributed by atoms with E-state index in [0.29, 0.717) is 22.7 Å². The number of anilines is 1. The monoisotopic (exact) mass is 409 g/mol. The van der Waals surface area contributed by atoms with Gasteiger partial charge in [0.2, 0.25) is 5.91 Å². The highest BCUT2D eigenvalue weighted by atomic mass is 32.2. The minimum atomic E-state index is -3.62. The molecule has 29 heavy (non-hydrogen) atoms. The predicted octanol–water partition coefficient (Wildman–Crippen LogP) is 3.72. The fourth-order valence-electron chi connectivity index (χ4n) is 3.21. The lowest BCUT2D eigenvalue weighted by Crippen LogP contribution is -2.23. The number of carbonyl (C=O) groups is 1. The third kappa shape index (κ3) is 5.46. The van der Waals surface area contributed by atoms with Gasteiger partial charge in [0.25, 0.3) is 0 Å². The SMILES string of the molecule is CC(C)Cn1ccc2cc(NC(=O)CS(=O)(=O)Cc3ccc(C#N)cc3)ccc21. The number of nitriles is 1. The number of nitrogens with one attached hydrogen (secondary N) is 1. The third-order valence-corrected chi connectivity index (χ3v) is 5.91. The number of hydrogen-bond acceptors (Lipinski definition) is 4. The maximum atomic E-state index is 12.3. The summed E-state index contributed by atoms with van der Waals surface area (Å²) in [6.07, 6.45) is 2.01. The van der Waals surface area contributed by atoms with Crippen molar-refractivity contribution in [1.29, 1.82) is 5.26 Å². The van der Waals surface area contributed by atoms with Crippen LogP contribution < -0.4 is 5.32 Å². The van der Waals surface area contributed by atoms with Gasteiger partial charge < -0.3 is 9.88 Å². The van der Waals surface area contributed by atoms with Crippen LogP contribution in [0.2, 0.25) is 0 Å². The van der Waals surface area contributed by atoms with Gasteiger partial charge in [-0.15, -0.1) is 0 Å². The van der Waals surface area contributed by atoms with Crippen LogP contribution in [0.1, 0.15) is 25.0 Å². The molecular weight excluding hydrogens is 386 g/mol. The average molecular weight is 410 g/mol. The van der Waals surface area contributed by atoms with Crippen molar-refractivity contribution in [1.82, 2.24) is 4.57 Å². The molecule has 2 aromatic carbocycles. The summed E-state index contributed by atoms with van der Waals surface area (Å²) in [6, 6.07) is 15.8. The highest BCUT2D eigenvalue weighted by Gasteiger charge is 2.18. The van der Waals surface area contributed by atoms with E-state index >= 15 is 0 Å². The predicted molar refractivity (Wildman–Crippen MR) is 114 cm³/mol. The minimum absolute atomic E-state index is 0.247. The molecule has 3 aromatic rings. The van der Waals surface area contributed by atoms with Crippen LogP contribution in [-0.2, 0) is 26.9 Å². The molecule has 1 N–H and O–H groups in total. The largest absolute Gasteiger partial charge is 0.347 e. The second-order valence-corrected chi connectivity index (χ2v) is 9.59. The molecule has 7 heteroatoms. The third-order valence-electron chi connectivity index (χ3n) is 4.44. The number of benzene rings is 2. The number of sulfone groups is 1. The second-order valence-electron chi connectivity index (χ2n) is 7.52. The maximum absolute atomic E-state index is 12.3. The molecule has 0 aliphatic rings. The molecule has 0 radical (unpaired) electrons. The standard InChI is InChI=1S/C22H23N3O3S/c1-16(2)13-25-10-9-19-11-20(7-8-21(19)25)24-22(26)15-29(27,28)14-18-5-3-17(12-23)4-6-18/h3-11,16H,13-15H2,1-2H3,(H,24,26). The van der Waals surface area contributed by atoms with Crippen LogP contribution in [-0.4, -0.2) is 24.6 Å². The molecule has 1 aromatic heterocycles. The first-order valence-corrected chi connectivity index (χ1v) is 11.2. The Bertz CT molecular complexity index is 1170. The van der Waals surface area contributed by atoms with Crippen LogP contribution in [0.4, 0.5) is 5.69 Å². The van der Waals surface area contributed by atoms with Crippen molar-refractivity contribution in [3.8, 4) is 6.07 Å². The van der Waals surface area contributed by atoms with Gasteiger partial charge in [-0.2, -0.15) is 5.26 Å². The van der Waals surface area contributed by atoms with Gasteiger partial charge in [0.05, 0.1) is 17.4 Å². The van der Waals surface area contributed by atoms with Crippen molar-refractivity contribution < 1.29 is 13.2 Å². The van der Waals surface area contributed by atoms with Gasteiger partial charge in [0.15, 0.2) is 9.84 Å². The summed E-state index contributed by atoms with van der Waals surface area (Å²) in [4.78, 5) is 12.3. The van der Waals surface area contributed by atoms with Crippen LogP contribution in [0.25, 0.3) is 10.9 Å². The summed E-state index contributed by atoms with van der Waals surface area (Å²) in [5.41, 5.74) is 2.65. The second kappa shape index (κ2) is 8.50. The summed E-state index contributed by atoms with van der Waals surface area (Å²) < 4.78 is 26.8. The van der Waals surface area contributed by atoms with E-state index in [1.165, 1.54) is 0 Å². The summed E-state index contributed by atoms with van der Waals surface area (Å²) in [7, 11) is -3.62. The molecule has 1 heterocycles. The van der Waals surface area contributed by atoms with Crippen LogP contribution in [0.5, 0.6) is 0 Å². The van der Waals surface area contributed by atoms with Gasteiger partial charge in [-0.3, -0.25) is 4.79 Å². The summed E-state index contributed by atoms with van der Waals surface area (Å²) in [5.74, 6) is -0.895. The smallest absolute Gasteiger partial charge is 0.239 e. The summed E-state index contributed by atoms with van der Waals surface area (Å²) in [5, 5.41) is 12.5. The number of hydrogen-bond donors (Lipinski definition) is 1. The van der Waals surface area contributed by atoms with E-state index in [1.54, 1.807) is 30.3 Å². The Labute approximate surface area is 170 Å². The molecule has 0 unspecified atom stereocenters. The molecular formula is C22H23N3O3S. The molecule has 0 aliphatic heterocycles. The Morgan fingerprint density at radius 3 is 2.52 bits per heavy atom. The number of amides is 1. The van der Waals surface area contributed by atoms with Crippen molar-refractivity contribution in [3.63, 3.8) is 0 Å². The maximum Gasteiger partial charge on any atom is 0.239 e. The van der Waals surface area contributed by atoms with E-state index in [-0.39, 0.29) is 5.75 Å². The Morgan fingerprint density at radius 2 is 1.86 bits per heavy atom. The first-order chi connectivity index (χ1) is 13.8. The van der Waals surface area contributed by atoms with Crippen LogP contribution in [0.3, 0.4) is 0 Å². The summed E-state index contributed by atoms with van der Waals surface area (Å²) >= 11 is 0. The summed E-state index contributed by atoms with van der Waals surface area (Å²) in [6.45, 7) is 5.21. The van der Waals surface area contributed by atoms with E-state index in [0.717, 1.165) is 17.4 Å². The topological polar surface area (TPSA) is 92.0 Å². The molecule has 0 atom stereocenters. The van der Waals surface area contributed by atoms with E-state index in [4.69, 9.17) is 5.26 Å². The zero-order valence-corrected chi connectivity index (χ0v) is 17.2. The van der Waals surface area contributed by atoms with Crippen molar-refractivity contribution in [2.24, 2.45) is 5.92 Å². The first kappa shape index (κ1) is 20.6. The van der Waals surface area contributed by atoms with Crippen molar-refractivity contribution in [2.75, 3.05) is 11.1 Å². The molecule has 0 bridgehead atoms. The van der Waals surface area contributed by atoms with Gasteiger partial charge >= 0.3 is 0 Å². The van der Waals surface area contributed by atoms with Gasteiger partial charge in [0.1, 0.15) is 5.75 Å². The highest BCUT2D eigenvalue weighted by molar-refractivity contribution is 7.91. The molecule has 0 saturated heterocycles. The minimum Gasteiger partial charge on any atom is -0.347 e. The Kier molecular flexibility index (Phi) is 6.04. The van der Waals surface area contributed by atoms with E-state index in [9.17, 15) is 13.2 Å². The van der Waals surface area contributed by atoms with Crippen LogP contribution in [0, 0.1) is 17.2 Å². The number of carbonyl (C=O) groups excluding carboxylic acids is 1. The van der Waals surface area contributed by atoms with E-state index in [2.05, 4.69) is 23.7 Å². The van der Waals surface area contributed by atoms with Crippen molar-refractivity contribution >= 4 is 32.3 Å². The lowest BCUT2D eigenvalue weighted by Gasteiger charge is -2.10. The van der Waals surface area contributed by atoms with Gasteiger partial charge in [-0.05, 0) is 47.9 Å². The van der Waals surface area contributed by atoms with Gasteiger partial charge in [0, 0.05) is 29.3 Å². The Balaban J connectivity index is 1.65. The van der Waals surface area contributed by atoms with Gasteiger partial charge in [-0.1, -0.05) is 26.0 Å². The van der Waals surface area contributed by atoms with Gasteiger partial charge in [-0.25, -0.2) is 8.42 Å². The zero-order valence-electron chi connectivity index (χ0n) is 16.4. The number of aromatic nitrogens is 1. The lowest BCUT2D eigenvalue weighted by atomic mass is 10.2. The molecule has 150 valence electrons. The van der Waals surface area contributed by atoms with Crippen molar-refractivity contribution in [3.05, 3.63) is 65.9 Å². The molecule has 0 fully saturated rings. The quantitative estimate of drug-likeness (QED) is 0.644. The molecule has 0 spiro atoms. The highest BCUT2D eigenvalue weighted by Crippen LogP contribution is 2.21. The van der Waals surface area contributed by atoms with E-state index < -0.39 is 21.5 Å². The number of rotatable bonds is 7. The zero-order chi connectivity index (χ0) is 21.0. The average Bonchev–Trinajstić information content (AvgIpc) is 3.03. The van der Waals surface area contributed by atoms with Crippen molar-refractivity contribution in [2.45, 2.75) is 26.1 Å². The Hall–Kier alpha value is -3.11. The molecule has 1 amide bonds. The normalized spacial score (nSPS) is 11.5. The molecule has 0 saturated carbocycles.